The molecule has 0 aliphatic carbocycles. The summed E-state index contributed by atoms with van der Waals surface area (Å²) in [6.07, 6.45) is 0. The summed E-state index contributed by atoms with van der Waals surface area (Å²) in [5.74, 6) is 0. The van der Waals surface area contributed by atoms with Crippen molar-refractivity contribution in [3.8, 4) is 0 Å². The van der Waals surface area contributed by atoms with E-state index in [1.54, 1.807) is 0 Å². The summed E-state index contributed by atoms with van der Waals surface area (Å²) in [7, 11) is 4.64. The number of halogens is 1. The van der Waals surface area contributed by atoms with Crippen molar-refractivity contribution in [2.24, 2.45) is 0 Å². The van der Waals surface area contributed by atoms with Crippen molar-refractivity contribution in [3.05, 3.63) is 63.1 Å². The van der Waals surface area contributed by atoms with Gasteiger partial charge in [-0.3, -0.25) is 0 Å². The zero-order valence-corrected chi connectivity index (χ0v) is 19.2. The summed E-state index contributed by atoms with van der Waals surface area (Å²) in [4.78, 5) is 0. The molecule has 0 saturated carbocycles. The Balaban J connectivity index is 0. The molecule has 2 heteroatoms. The van der Waals surface area contributed by atoms with E-state index in [1.807, 2.05) is 0 Å². The van der Waals surface area contributed by atoms with Crippen molar-refractivity contribution in [2.45, 2.75) is 69.2 Å². The third-order valence-electron chi connectivity index (χ3n) is 5.62. The minimum absolute atomic E-state index is 0. The molecule has 2 rings (SSSR count). The van der Waals surface area contributed by atoms with Crippen LogP contribution in [0.3, 0.4) is 0 Å². The van der Waals surface area contributed by atoms with E-state index in [0.29, 0.717) is 0 Å². The molecule has 0 aromatic heterocycles. The van der Waals surface area contributed by atoms with Crippen molar-refractivity contribution >= 4 is 9.30 Å². The molecule has 0 atom stereocenters. The Bertz CT molecular complexity index is 410. The second kappa shape index (κ2) is 10.5. The van der Waals surface area contributed by atoms with Gasteiger partial charge in [-0.15, -0.1) is 0 Å². The Morgan fingerprint density at radius 2 is 0.652 bits per heavy atom. The molecule has 0 aliphatic rings. The van der Waals surface area contributed by atoms with Crippen LogP contribution in [-0.2, 0) is 19.4 Å². The second-order valence-electron chi connectivity index (χ2n) is 6.25. The number of hydrogen-bond donors (Lipinski definition) is 0. The molecule has 0 heterocycles. The van der Waals surface area contributed by atoms with E-state index >= 15 is 0 Å². The summed E-state index contributed by atoms with van der Waals surface area (Å²) >= 11 is 1.47. The number of hydrogen-bond acceptors (Lipinski definition) is 0. The molecule has 0 bridgehead atoms. The van der Waals surface area contributed by atoms with E-state index in [2.05, 4.69) is 78.5 Å². The van der Waals surface area contributed by atoms with Crippen LogP contribution in [0.25, 0.3) is 0 Å². The standard InChI is InChI=1S/2C10H15.CH3.ClH.Ti/c2*1-6-7(2)9(4)10(5)8(6)3;;;/h2*1-5H3;1H3;1H;/q3*-1;;+4/p-1. The average Bonchev–Trinajstić information content (AvgIpc) is 2.81. The molecule has 0 nitrogen and oxygen atoms in total. The van der Waals surface area contributed by atoms with Crippen LogP contribution >= 0.6 is 9.30 Å². The van der Waals surface area contributed by atoms with E-state index in [9.17, 15) is 0 Å². The van der Waals surface area contributed by atoms with Gasteiger partial charge in [0.1, 0.15) is 0 Å². The molecule has 0 N–H and O–H groups in total. The molecule has 0 radical (unpaired) electrons. The molecular weight excluding hydrogens is 336 g/mol. The van der Waals surface area contributed by atoms with Crippen LogP contribution in [-0.4, -0.2) is 0 Å². The van der Waals surface area contributed by atoms with Gasteiger partial charge in [-0.05, 0) is 0 Å². The molecule has 0 fully saturated rings. The number of rotatable bonds is 0. The van der Waals surface area contributed by atoms with Crippen LogP contribution in [0.15, 0.2) is 0 Å². The zero-order valence-electron chi connectivity index (χ0n) is 16.9. The van der Waals surface area contributed by atoms with E-state index in [-0.39, 0.29) is 7.43 Å². The summed E-state index contributed by atoms with van der Waals surface area (Å²) in [6.45, 7) is 22.0. The minimum atomic E-state index is 0. The quantitative estimate of drug-likeness (QED) is 0.346. The third-order valence-corrected chi connectivity index (χ3v) is 5.62. The van der Waals surface area contributed by atoms with Crippen molar-refractivity contribution in [1.29, 1.82) is 0 Å². The van der Waals surface area contributed by atoms with Gasteiger partial charge in [0.05, 0.1) is 0 Å². The molecule has 2 aromatic carbocycles. The normalized spacial score (nSPS) is 9.43. The van der Waals surface area contributed by atoms with Crippen molar-refractivity contribution in [2.75, 3.05) is 0 Å². The molecular formula is C21H33ClTi. The Hall–Kier alpha value is -0.296. The van der Waals surface area contributed by atoms with Crippen LogP contribution in [0.5, 0.6) is 0 Å². The van der Waals surface area contributed by atoms with Gasteiger partial charge >= 0.3 is 28.7 Å². The Kier molecular flexibility index (Phi) is 11.4. The van der Waals surface area contributed by atoms with Gasteiger partial charge < -0.3 is 7.43 Å². The van der Waals surface area contributed by atoms with Gasteiger partial charge in [0.25, 0.3) is 0 Å². The SMILES string of the molecule is Cc1c(C)c(C)[c-](C)c1C.Cc1c(C)c(C)[c-](C)c1C.[CH3-].[Cl][Ti+3]. The average molecular weight is 369 g/mol. The summed E-state index contributed by atoms with van der Waals surface area (Å²) in [5, 5.41) is 0. The summed E-state index contributed by atoms with van der Waals surface area (Å²) in [6, 6.07) is 0. The zero-order chi connectivity index (χ0) is 17.8. The molecule has 0 saturated heterocycles. The first-order valence-corrected chi connectivity index (χ1v) is 9.84. The fourth-order valence-electron chi connectivity index (χ4n) is 2.81. The van der Waals surface area contributed by atoms with E-state index in [4.69, 9.17) is 0 Å². The van der Waals surface area contributed by atoms with Gasteiger partial charge in [-0.25, -0.2) is 0 Å². The Morgan fingerprint density at radius 3 is 0.696 bits per heavy atom. The van der Waals surface area contributed by atoms with Gasteiger partial charge in [-0.1, -0.05) is 69.2 Å². The van der Waals surface area contributed by atoms with E-state index in [0.717, 1.165) is 0 Å². The predicted octanol–water partition coefficient (Wildman–Crippen LogP) is 7.03. The third kappa shape index (κ3) is 5.35. The monoisotopic (exact) mass is 368 g/mol. The maximum atomic E-state index is 4.64. The van der Waals surface area contributed by atoms with Gasteiger partial charge in [0, 0.05) is 0 Å². The van der Waals surface area contributed by atoms with Gasteiger partial charge in [0.15, 0.2) is 0 Å². The Labute approximate surface area is 160 Å². The fraction of sp³-hybridized carbons (Fsp3) is 0.476. The molecule has 0 aliphatic heterocycles. The molecule has 0 spiro atoms. The molecule has 0 amide bonds. The van der Waals surface area contributed by atoms with Crippen molar-refractivity contribution in [1.82, 2.24) is 0 Å². The molecule has 2 aromatic rings. The Morgan fingerprint density at radius 1 is 0.522 bits per heavy atom. The topological polar surface area (TPSA) is 0 Å². The fourth-order valence-corrected chi connectivity index (χ4v) is 2.81. The molecule has 0 unspecified atom stereocenters. The first-order chi connectivity index (χ1) is 10.1. The van der Waals surface area contributed by atoms with Crippen molar-refractivity contribution < 1.29 is 19.4 Å². The first kappa shape index (κ1) is 25.0. The van der Waals surface area contributed by atoms with Crippen LogP contribution in [0.1, 0.15) is 55.6 Å². The summed E-state index contributed by atoms with van der Waals surface area (Å²) < 4.78 is 0. The second-order valence-corrected chi connectivity index (χ2v) is 6.25. The maximum absolute atomic E-state index is 4.64. The van der Waals surface area contributed by atoms with Crippen LogP contribution in [0.4, 0.5) is 0 Å². The summed E-state index contributed by atoms with van der Waals surface area (Å²) in [5.41, 5.74) is 14.7. The van der Waals surface area contributed by atoms with E-state index in [1.165, 1.54) is 75.0 Å². The predicted molar refractivity (Wildman–Crippen MR) is 104 cm³/mol. The van der Waals surface area contributed by atoms with Crippen molar-refractivity contribution in [3.63, 3.8) is 0 Å². The molecule has 128 valence electrons. The van der Waals surface area contributed by atoms with Crippen LogP contribution < -0.4 is 0 Å². The van der Waals surface area contributed by atoms with E-state index < -0.39 is 0 Å². The molecule has 23 heavy (non-hydrogen) atoms. The van der Waals surface area contributed by atoms with Crippen LogP contribution in [0, 0.1) is 76.7 Å². The van der Waals surface area contributed by atoms with Crippen LogP contribution in [0.2, 0.25) is 0 Å². The van der Waals surface area contributed by atoms with Gasteiger partial charge in [0.2, 0.25) is 0 Å². The first-order valence-electron chi connectivity index (χ1n) is 7.69. The van der Waals surface area contributed by atoms with Gasteiger partial charge in [-0.2, -0.15) is 55.6 Å².